The molecule has 1 aromatic heterocycles. The molecule has 1 heterocycles. The van der Waals surface area contributed by atoms with E-state index in [2.05, 4.69) is 9.55 Å². The van der Waals surface area contributed by atoms with Crippen LogP contribution in [-0.2, 0) is 6.54 Å². The van der Waals surface area contributed by atoms with Crippen LogP contribution in [0.2, 0.25) is 5.02 Å². The van der Waals surface area contributed by atoms with Crippen molar-refractivity contribution in [2.45, 2.75) is 50.9 Å². The van der Waals surface area contributed by atoms with E-state index in [0.29, 0.717) is 0 Å². The Kier molecular flexibility index (Phi) is 4.23. The lowest BCUT2D eigenvalue weighted by molar-refractivity contribution is 0.319. The maximum atomic E-state index is 6.39. The van der Waals surface area contributed by atoms with E-state index in [0.717, 1.165) is 34.3 Å². The number of imidazole rings is 1. The highest BCUT2D eigenvalue weighted by Gasteiger charge is 2.21. The summed E-state index contributed by atoms with van der Waals surface area (Å²) < 4.78 is 2.26. The lowest BCUT2D eigenvalue weighted by Crippen LogP contribution is -2.16. The third-order valence-electron chi connectivity index (χ3n) is 4.27. The minimum Gasteiger partial charge on any atom is -0.325 e. The normalized spacial score (nSPS) is 18.6. The van der Waals surface area contributed by atoms with E-state index >= 15 is 0 Å². The van der Waals surface area contributed by atoms with Gasteiger partial charge in [0.15, 0.2) is 0 Å². The van der Waals surface area contributed by atoms with Crippen LogP contribution in [0.5, 0.6) is 0 Å². The zero-order chi connectivity index (χ0) is 14.1. The van der Waals surface area contributed by atoms with Crippen molar-refractivity contribution in [2.24, 2.45) is 5.92 Å². The van der Waals surface area contributed by atoms with Gasteiger partial charge in [-0.3, -0.25) is 0 Å². The summed E-state index contributed by atoms with van der Waals surface area (Å²) in [6, 6.07) is 5.90. The van der Waals surface area contributed by atoms with Crippen molar-refractivity contribution in [3.63, 3.8) is 0 Å². The van der Waals surface area contributed by atoms with Gasteiger partial charge in [-0.1, -0.05) is 36.9 Å². The molecule has 1 unspecified atom stereocenters. The minimum absolute atomic E-state index is 0.0953. The average Bonchev–Trinajstić information content (AvgIpc) is 2.80. The summed E-state index contributed by atoms with van der Waals surface area (Å²) in [5, 5.41) is 0.677. The first-order chi connectivity index (χ1) is 9.66. The molecule has 1 atom stereocenters. The van der Waals surface area contributed by atoms with Gasteiger partial charge in [0.05, 0.1) is 21.4 Å². The number of halogens is 2. The summed E-state index contributed by atoms with van der Waals surface area (Å²) in [7, 11) is 0. The highest BCUT2D eigenvalue weighted by molar-refractivity contribution is 6.35. The second-order valence-electron chi connectivity index (χ2n) is 5.81. The van der Waals surface area contributed by atoms with Crippen LogP contribution in [0.25, 0.3) is 11.0 Å². The Morgan fingerprint density at radius 2 is 2.05 bits per heavy atom. The Labute approximate surface area is 130 Å². The quantitative estimate of drug-likeness (QED) is 0.678. The molecule has 0 bridgehead atoms. The molecule has 108 valence electrons. The highest BCUT2D eigenvalue weighted by atomic mass is 35.5. The summed E-state index contributed by atoms with van der Waals surface area (Å²) in [5.41, 5.74) is 2.00. The second kappa shape index (κ2) is 5.95. The number of rotatable bonds is 3. The van der Waals surface area contributed by atoms with Crippen LogP contribution in [0, 0.1) is 5.92 Å². The maximum Gasteiger partial charge on any atom is 0.127 e. The number of hydrogen-bond acceptors (Lipinski definition) is 1. The lowest BCUT2D eigenvalue weighted by Gasteiger charge is -2.23. The van der Waals surface area contributed by atoms with Crippen LogP contribution in [0.4, 0.5) is 0 Å². The fourth-order valence-electron chi connectivity index (χ4n) is 3.28. The first-order valence-corrected chi connectivity index (χ1v) is 8.27. The van der Waals surface area contributed by atoms with Crippen molar-refractivity contribution in [1.82, 2.24) is 9.55 Å². The summed E-state index contributed by atoms with van der Waals surface area (Å²) in [5.74, 6) is 1.67. The first-order valence-electron chi connectivity index (χ1n) is 7.45. The number of para-hydroxylation sites is 1. The van der Waals surface area contributed by atoms with Crippen LogP contribution < -0.4 is 0 Å². The van der Waals surface area contributed by atoms with Gasteiger partial charge < -0.3 is 4.57 Å². The van der Waals surface area contributed by atoms with Crippen LogP contribution >= 0.6 is 23.2 Å². The van der Waals surface area contributed by atoms with Crippen LogP contribution in [0.15, 0.2) is 18.2 Å². The number of alkyl halides is 1. The Morgan fingerprint density at radius 3 is 2.75 bits per heavy atom. The topological polar surface area (TPSA) is 17.8 Å². The van der Waals surface area contributed by atoms with Gasteiger partial charge >= 0.3 is 0 Å². The van der Waals surface area contributed by atoms with Crippen molar-refractivity contribution >= 4 is 34.2 Å². The standard InChI is InChI=1S/C16H20Cl2N2/c1-11(17)16-19-14-9-5-8-13(18)15(14)20(16)10-12-6-3-2-4-7-12/h5,8-9,11-12H,2-4,6-7,10H2,1H3. The number of hydrogen-bond donors (Lipinski definition) is 0. The molecule has 1 aromatic carbocycles. The molecule has 0 radical (unpaired) electrons. The molecular formula is C16H20Cl2N2. The second-order valence-corrected chi connectivity index (χ2v) is 6.87. The predicted molar refractivity (Wildman–Crippen MR) is 85.6 cm³/mol. The van der Waals surface area contributed by atoms with Crippen molar-refractivity contribution < 1.29 is 0 Å². The van der Waals surface area contributed by atoms with E-state index in [1.54, 1.807) is 0 Å². The fourth-order valence-corrected chi connectivity index (χ4v) is 3.71. The summed E-state index contributed by atoms with van der Waals surface area (Å²) in [6.45, 7) is 2.97. The fraction of sp³-hybridized carbons (Fsp3) is 0.562. The van der Waals surface area contributed by atoms with Crippen molar-refractivity contribution in [3.05, 3.63) is 29.0 Å². The van der Waals surface area contributed by atoms with Gasteiger partial charge in [0.25, 0.3) is 0 Å². The van der Waals surface area contributed by atoms with Crippen molar-refractivity contribution in [3.8, 4) is 0 Å². The van der Waals surface area contributed by atoms with E-state index in [1.165, 1.54) is 32.1 Å². The molecule has 0 N–H and O–H groups in total. The molecule has 20 heavy (non-hydrogen) atoms. The van der Waals surface area contributed by atoms with Gasteiger partial charge in [-0.05, 0) is 37.8 Å². The molecule has 2 nitrogen and oxygen atoms in total. The third kappa shape index (κ3) is 2.68. The Hall–Kier alpha value is -0.730. The zero-order valence-corrected chi connectivity index (χ0v) is 13.3. The Balaban J connectivity index is 2.03. The van der Waals surface area contributed by atoms with Gasteiger partial charge in [0.2, 0.25) is 0 Å². The summed E-state index contributed by atoms with van der Waals surface area (Å²) >= 11 is 12.7. The molecule has 2 aromatic rings. The Bertz CT molecular complexity index is 598. The van der Waals surface area contributed by atoms with E-state index in [4.69, 9.17) is 23.2 Å². The van der Waals surface area contributed by atoms with E-state index < -0.39 is 0 Å². The molecule has 1 aliphatic carbocycles. The molecule has 0 saturated heterocycles. The van der Waals surface area contributed by atoms with Crippen molar-refractivity contribution in [1.29, 1.82) is 0 Å². The smallest absolute Gasteiger partial charge is 0.127 e. The minimum atomic E-state index is -0.0953. The molecule has 0 spiro atoms. The van der Waals surface area contributed by atoms with Crippen LogP contribution in [0.1, 0.15) is 50.2 Å². The Morgan fingerprint density at radius 1 is 1.30 bits per heavy atom. The van der Waals surface area contributed by atoms with Gasteiger partial charge in [-0.2, -0.15) is 0 Å². The molecular weight excluding hydrogens is 291 g/mol. The largest absolute Gasteiger partial charge is 0.325 e. The summed E-state index contributed by atoms with van der Waals surface area (Å²) in [4.78, 5) is 4.69. The molecule has 0 amide bonds. The number of benzene rings is 1. The molecule has 0 aliphatic heterocycles. The first kappa shape index (κ1) is 14.2. The van der Waals surface area contributed by atoms with Crippen LogP contribution in [0.3, 0.4) is 0 Å². The van der Waals surface area contributed by atoms with E-state index in [1.807, 2.05) is 25.1 Å². The van der Waals surface area contributed by atoms with E-state index in [9.17, 15) is 0 Å². The molecule has 1 saturated carbocycles. The third-order valence-corrected chi connectivity index (χ3v) is 4.77. The van der Waals surface area contributed by atoms with Crippen LogP contribution in [-0.4, -0.2) is 9.55 Å². The van der Waals surface area contributed by atoms with Gasteiger partial charge in [-0.25, -0.2) is 4.98 Å². The number of aromatic nitrogens is 2. The predicted octanol–water partition coefficient (Wildman–Crippen LogP) is 5.57. The van der Waals surface area contributed by atoms with Crippen molar-refractivity contribution in [2.75, 3.05) is 0 Å². The lowest BCUT2D eigenvalue weighted by atomic mass is 9.89. The van der Waals surface area contributed by atoms with Gasteiger partial charge in [0.1, 0.15) is 5.82 Å². The zero-order valence-electron chi connectivity index (χ0n) is 11.8. The SMILES string of the molecule is CC(Cl)c1nc2cccc(Cl)c2n1CC1CCCCC1. The monoisotopic (exact) mass is 310 g/mol. The molecule has 1 aliphatic rings. The van der Waals surface area contributed by atoms with E-state index in [-0.39, 0.29) is 5.38 Å². The number of fused-ring (bicyclic) bond motifs is 1. The maximum absolute atomic E-state index is 6.39. The molecule has 3 rings (SSSR count). The molecule has 4 heteroatoms. The van der Waals surface area contributed by atoms with Gasteiger partial charge in [-0.15, -0.1) is 11.6 Å². The van der Waals surface area contributed by atoms with Gasteiger partial charge in [0, 0.05) is 6.54 Å². The summed E-state index contributed by atoms with van der Waals surface area (Å²) in [6.07, 6.45) is 6.68. The highest BCUT2D eigenvalue weighted by Crippen LogP contribution is 2.32. The average molecular weight is 311 g/mol. The molecule has 1 fully saturated rings. The number of nitrogens with zero attached hydrogens (tertiary/aromatic N) is 2.